The van der Waals surface area contributed by atoms with Crippen molar-refractivity contribution in [3.63, 3.8) is 0 Å². The zero-order valence-electron chi connectivity index (χ0n) is 15.0. The molecule has 1 aromatic heterocycles. The van der Waals surface area contributed by atoms with Crippen molar-refractivity contribution >= 4 is 5.91 Å². The number of amides is 1. The summed E-state index contributed by atoms with van der Waals surface area (Å²) in [4.78, 5) is 11.8. The lowest BCUT2D eigenvalue weighted by atomic mass is 10.1. The summed E-state index contributed by atoms with van der Waals surface area (Å²) in [6.45, 7) is 4.71. The third kappa shape index (κ3) is 3.52. The van der Waals surface area contributed by atoms with E-state index < -0.39 is 5.91 Å². The van der Waals surface area contributed by atoms with Crippen LogP contribution in [0.5, 0.6) is 0 Å². The van der Waals surface area contributed by atoms with Crippen LogP contribution in [0.4, 0.5) is 0 Å². The molecule has 3 aromatic rings. The Morgan fingerprint density at radius 3 is 2.50 bits per heavy atom. The van der Waals surface area contributed by atoms with Crippen molar-refractivity contribution in [3.8, 4) is 17.3 Å². The van der Waals surface area contributed by atoms with E-state index in [1.807, 2.05) is 31.2 Å². The van der Waals surface area contributed by atoms with E-state index in [0.29, 0.717) is 11.1 Å². The molecule has 0 saturated heterocycles. The van der Waals surface area contributed by atoms with Crippen molar-refractivity contribution in [2.24, 2.45) is 5.73 Å². The Morgan fingerprint density at radius 1 is 1.12 bits per heavy atom. The minimum Gasteiger partial charge on any atom is -0.366 e. The molecule has 0 aliphatic carbocycles. The van der Waals surface area contributed by atoms with Crippen LogP contribution in [-0.2, 0) is 13.0 Å². The van der Waals surface area contributed by atoms with E-state index in [4.69, 9.17) is 11.0 Å². The van der Waals surface area contributed by atoms with Crippen molar-refractivity contribution in [1.82, 2.24) is 4.57 Å². The van der Waals surface area contributed by atoms with Gasteiger partial charge in [0, 0.05) is 17.9 Å². The number of hydrogen-bond donors (Lipinski definition) is 1. The summed E-state index contributed by atoms with van der Waals surface area (Å²) in [6.07, 6.45) is 0.846. The first-order chi connectivity index (χ1) is 12.5. The Hall–Kier alpha value is -3.32. The van der Waals surface area contributed by atoms with E-state index in [1.54, 1.807) is 6.07 Å². The highest BCUT2D eigenvalue weighted by Crippen LogP contribution is 2.27. The SMILES string of the molecule is Cc1ccc(CCn2c(-c3cccc(C#N)c3)cc(C(N)=O)c2C)cc1. The summed E-state index contributed by atoms with van der Waals surface area (Å²) in [5, 5.41) is 9.17. The highest BCUT2D eigenvalue weighted by Gasteiger charge is 2.17. The summed E-state index contributed by atoms with van der Waals surface area (Å²) in [5.41, 5.74) is 11.8. The Kier molecular flexibility index (Phi) is 4.90. The number of primary amides is 1. The summed E-state index contributed by atoms with van der Waals surface area (Å²) in [6, 6.07) is 19.8. The van der Waals surface area contributed by atoms with Crippen LogP contribution in [0.2, 0.25) is 0 Å². The van der Waals surface area contributed by atoms with Crippen molar-refractivity contribution < 1.29 is 4.79 Å². The lowest BCUT2D eigenvalue weighted by molar-refractivity contribution is 0.0999. The van der Waals surface area contributed by atoms with Gasteiger partial charge >= 0.3 is 0 Å². The predicted molar refractivity (Wildman–Crippen MR) is 103 cm³/mol. The van der Waals surface area contributed by atoms with Gasteiger partial charge in [-0.25, -0.2) is 0 Å². The second-order valence-electron chi connectivity index (χ2n) is 6.47. The third-order valence-electron chi connectivity index (χ3n) is 4.66. The normalized spacial score (nSPS) is 10.5. The maximum atomic E-state index is 11.8. The summed E-state index contributed by atoms with van der Waals surface area (Å²) in [7, 11) is 0. The molecule has 1 heterocycles. The number of carbonyl (C=O) groups excluding carboxylic acids is 1. The molecule has 0 fully saturated rings. The molecule has 2 N–H and O–H groups in total. The Balaban J connectivity index is 2.00. The van der Waals surface area contributed by atoms with Gasteiger partial charge in [0.05, 0.1) is 17.2 Å². The predicted octanol–water partition coefficient (Wildman–Crippen LogP) is 3.99. The largest absolute Gasteiger partial charge is 0.366 e. The van der Waals surface area contributed by atoms with Crippen molar-refractivity contribution in [3.05, 3.63) is 82.5 Å². The van der Waals surface area contributed by atoms with Gasteiger partial charge < -0.3 is 10.3 Å². The molecule has 4 nitrogen and oxygen atoms in total. The first-order valence-corrected chi connectivity index (χ1v) is 8.55. The number of nitriles is 1. The molecule has 0 radical (unpaired) electrons. The van der Waals surface area contributed by atoms with Crippen LogP contribution in [0, 0.1) is 25.2 Å². The number of nitrogens with zero attached hydrogens (tertiary/aromatic N) is 2. The standard InChI is InChI=1S/C22H21N3O/c1-15-6-8-17(9-7-15)10-11-25-16(2)20(22(24)26)13-21(25)19-5-3-4-18(12-19)14-23/h3-9,12-13H,10-11H2,1-2H3,(H2,24,26). The van der Waals surface area contributed by atoms with Crippen LogP contribution in [-0.4, -0.2) is 10.5 Å². The smallest absolute Gasteiger partial charge is 0.250 e. The zero-order chi connectivity index (χ0) is 18.7. The first-order valence-electron chi connectivity index (χ1n) is 8.55. The zero-order valence-corrected chi connectivity index (χ0v) is 15.0. The Bertz CT molecular complexity index is 991. The number of carbonyl (C=O) groups is 1. The molecular formula is C22H21N3O. The van der Waals surface area contributed by atoms with Crippen LogP contribution >= 0.6 is 0 Å². The minimum atomic E-state index is -0.436. The average molecular weight is 343 g/mol. The van der Waals surface area contributed by atoms with Gasteiger partial charge in [-0.1, -0.05) is 42.0 Å². The molecule has 0 spiro atoms. The quantitative estimate of drug-likeness (QED) is 0.761. The van der Waals surface area contributed by atoms with Crippen LogP contribution in [0.3, 0.4) is 0 Å². The van der Waals surface area contributed by atoms with E-state index in [0.717, 1.165) is 29.9 Å². The topological polar surface area (TPSA) is 71.8 Å². The van der Waals surface area contributed by atoms with Gasteiger partial charge in [-0.05, 0) is 49.6 Å². The van der Waals surface area contributed by atoms with Crippen LogP contribution in [0.15, 0.2) is 54.6 Å². The molecule has 0 saturated carbocycles. The van der Waals surface area contributed by atoms with Gasteiger partial charge in [0.15, 0.2) is 0 Å². The van der Waals surface area contributed by atoms with Gasteiger partial charge in [-0.3, -0.25) is 4.79 Å². The van der Waals surface area contributed by atoms with E-state index in [9.17, 15) is 4.79 Å². The molecule has 1 amide bonds. The fourth-order valence-corrected chi connectivity index (χ4v) is 3.17. The number of benzene rings is 2. The second-order valence-corrected chi connectivity index (χ2v) is 6.47. The number of hydrogen-bond acceptors (Lipinski definition) is 2. The molecule has 3 rings (SSSR count). The number of aryl methyl sites for hydroxylation is 2. The molecule has 0 aliphatic heterocycles. The molecule has 130 valence electrons. The molecule has 0 bridgehead atoms. The van der Waals surface area contributed by atoms with Gasteiger partial charge in [0.2, 0.25) is 0 Å². The Labute approximate surface area is 153 Å². The maximum absolute atomic E-state index is 11.8. The third-order valence-corrected chi connectivity index (χ3v) is 4.66. The molecule has 4 heteroatoms. The lowest BCUT2D eigenvalue weighted by Gasteiger charge is -2.13. The van der Waals surface area contributed by atoms with Crippen molar-refractivity contribution in [1.29, 1.82) is 5.26 Å². The fraction of sp³-hybridized carbons (Fsp3) is 0.182. The summed E-state index contributed by atoms with van der Waals surface area (Å²) in [5.74, 6) is -0.436. The van der Waals surface area contributed by atoms with Crippen LogP contribution in [0.25, 0.3) is 11.3 Å². The van der Waals surface area contributed by atoms with Crippen molar-refractivity contribution in [2.75, 3.05) is 0 Å². The summed E-state index contributed by atoms with van der Waals surface area (Å²) < 4.78 is 2.11. The number of nitrogens with two attached hydrogens (primary N) is 1. The number of aromatic nitrogens is 1. The minimum absolute atomic E-state index is 0.436. The van der Waals surface area contributed by atoms with Gasteiger partial charge in [-0.15, -0.1) is 0 Å². The lowest BCUT2D eigenvalue weighted by Crippen LogP contribution is -2.13. The molecule has 0 atom stereocenters. The second kappa shape index (κ2) is 7.28. The van der Waals surface area contributed by atoms with Crippen molar-refractivity contribution in [2.45, 2.75) is 26.8 Å². The molecule has 26 heavy (non-hydrogen) atoms. The van der Waals surface area contributed by atoms with E-state index in [-0.39, 0.29) is 0 Å². The fourth-order valence-electron chi connectivity index (χ4n) is 3.17. The average Bonchev–Trinajstić information content (AvgIpc) is 2.98. The van der Waals surface area contributed by atoms with E-state index in [2.05, 4.69) is 41.8 Å². The van der Waals surface area contributed by atoms with E-state index >= 15 is 0 Å². The van der Waals surface area contributed by atoms with E-state index in [1.165, 1.54) is 11.1 Å². The Morgan fingerprint density at radius 2 is 1.85 bits per heavy atom. The monoisotopic (exact) mass is 343 g/mol. The first kappa shape index (κ1) is 17.5. The highest BCUT2D eigenvalue weighted by atomic mass is 16.1. The van der Waals surface area contributed by atoms with Gasteiger partial charge in [0.25, 0.3) is 5.91 Å². The number of rotatable bonds is 5. The summed E-state index contributed by atoms with van der Waals surface area (Å²) >= 11 is 0. The van der Waals surface area contributed by atoms with Gasteiger partial charge in [-0.2, -0.15) is 5.26 Å². The molecule has 2 aromatic carbocycles. The maximum Gasteiger partial charge on any atom is 0.250 e. The molecular weight excluding hydrogens is 322 g/mol. The highest BCUT2D eigenvalue weighted by molar-refractivity contribution is 5.95. The molecule has 0 unspecified atom stereocenters. The molecule has 0 aliphatic rings. The van der Waals surface area contributed by atoms with Crippen LogP contribution < -0.4 is 5.73 Å². The van der Waals surface area contributed by atoms with Gasteiger partial charge in [0.1, 0.15) is 0 Å². The van der Waals surface area contributed by atoms with Crippen LogP contribution in [0.1, 0.15) is 32.7 Å².